The number of nitro benzene ring substituents is 2. The van der Waals surface area contributed by atoms with E-state index in [1.165, 1.54) is 0 Å². The highest BCUT2D eigenvalue weighted by atomic mass is 16.6. The van der Waals surface area contributed by atoms with E-state index >= 15 is 0 Å². The van der Waals surface area contributed by atoms with Crippen LogP contribution >= 0.6 is 0 Å². The molecule has 2 aromatic rings. The Morgan fingerprint density at radius 3 is 2.00 bits per heavy atom. The van der Waals surface area contributed by atoms with E-state index in [2.05, 4.69) is 0 Å². The fourth-order valence-electron chi connectivity index (χ4n) is 1.94. The summed E-state index contributed by atoms with van der Waals surface area (Å²) in [4.78, 5) is 32.2. The van der Waals surface area contributed by atoms with Crippen LogP contribution in [0.4, 0.5) is 11.4 Å². The monoisotopic (exact) mass is 316 g/mol. The molecule has 0 aliphatic carbocycles. The Hall–Kier alpha value is -3.29. The molecule has 0 fully saturated rings. The van der Waals surface area contributed by atoms with E-state index in [4.69, 9.17) is 4.74 Å². The lowest BCUT2D eigenvalue weighted by Gasteiger charge is -2.13. The van der Waals surface area contributed by atoms with Crippen LogP contribution in [0.1, 0.15) is 28.9 Å². The molecule has 8 heteroatoms. The number of nitrogens with zero attached hydrogens (tertiary/aromatic N) is 2. The van der Waals surface area contributed by atoms with E-state index in [0.29, 0.717) is 0 Å². The molecule has 0 amide bonds. The predicted molar refractivity (Wildman–Crippen MR) is 80.0 cm³/mol. The molecule has 1 atom stereocenters. The standard InChI is InChI=1S/C15H12N2O6/c1-10(11-5-3-2-4-6-11)23-15(18)12-7-13(16(19)20)9-14(8-12)17(21)22/h2-10H,1H3/t10-/m0/s1. The molecule has 0 saturated carbocycles. The van der Waals surface area contributed by atoms with Crippen molar-refractivity contribution < 1.29 is 19.4 Å². The van der Waals surface area contributed by atoms with Gasteiger partial charge < -0.3 is 4.74 Å². The molecule has 0 N–H and O–H groups in total. The molecular weight excluding hydrogens is 304 g/mol. The molecule has 0 aromatic heterocycles. The van der Waals surface area contributed by atoms with Gasteiger partial charge in [0.15, 0.2) is 0 Å². The lowest BCUT2D eigenvalue weighted by molar-refractivity contribution is -0.394. The van der Waals surface area contributed by atoms with Gasteiger partial charge in [-0.25, -0.2) is 4.79 Å². The van der Waals surface area contributed by atoms with Crippen LogP contribution in [0.25, 0.3) is 0 Å². The van der Waals surface area contributed by atoms with Crippen LogP contribution in [0.5, 0.6) is 0 Å². The molecule has 0 aliphatic heterocycles. The molecule has 0 bridgehead atoms. The van der Waals surface area contributed by atoms with Crippen LogP contribution in [0, 0.1) is 20.2 Å². The maximum Gasteiger partial charge on any atom is 0.339 e. The highest BCUT2D eigenvalue weighted by Gasteiger charge is 2.22. The zero-order valence-corrected chi connectivity index (χ0v) is 12.0. The van der Waals surface area contributed by atoms with Gasteiger partial charge >= 0.3 is 5.97 Å². The van der Waals surface area contributed by atoms with E-state index in [1.807, 2.05) is 6.07 Å². The third kappa shape index (κ3) is 3.88. The van der Waals surface area contributed by atoms with Crippen molar-refractivity contribution in [2.24, 2.45) is 0 Å². The second-order valence-electron chi connectivity index (χ2n) is 4.71. The van der Waals surface area contributed by atoms with Crippen molar-refractivity contribution in [3.05, 3.63) is 79.9 Å². The third-order valence-corrected chi connectivity index (χ3v) is 3.11. The number of nitro groups is 2. The van der Waals surface area contributed by atoms with Gasteiger partial charge in [0.25, 0.3) is 11.4 Å². The number of hydrogen-bond acceptors (Lipinski definition) is 6. The molecule has 0 aliphatic rings. The third-order valence-electron chi connectivity index (χ3n) is 3.11. The highest BCUT2D eigenvalue weighted by molar-refractivity contribution is 5.91. The van der Waals surface area contributed by atoms with E-state index in [1.54, 1.807) is 31.2 Å². The normalized spacial score (nSPS) is 11.5. The largest absolute Gasteiger partial charge is 0.454 e. The van der Waals surface area contributed by atoms with Crippen LogP contribution in [0.2, 0.25) is 0 Å². The molecule has 0 unspecified atom stereocenters. The van der Waals surface area contributed by atoms with Crippen LogP contribution in [0.15, 0.2) is 48.5 Å². The minimum absolute atomic E-state index is 0.242. The molecule has 0 radical (unpaired) electrons. The minimum atomic E-state index is -0.867. The van der Waals surface area contributed by atoms with Crippen molar-refractivity contribution in [1.82, 2.24) is 0 Å². The fourth-order valence-corrected chi connectivity index (χ4v) is 1.94. The maximum absolute atomic E-state index is 12.1. The van der Waals surface area contributed by atoms with Gasteiger partial charge in [-0.1, -0.05) is 30.3 Å². The van der Waals surface area contributed by atoms with Gasteiger partial charge in [-0.15, -0.1) is 0 Å². The number of ether oxygens (including phenoxy) is 1. The summed E-state index contributed by atoms with van der Waals surface area (Å²) in [5, 5.41) is 21.7. The van der Waals surface area contributed by atoms with Crippen LogP contribution in [0.3, 0.4) is 0 Å². The number of rotatable bonds is 5. The summed E-state index contributed by atoms with van der Waals surface area (Å²) in [5.41, 5.74) is -0.591. The molecule has 23 heavy (non-hydrogen) atoms. The van der Waals surface area contributed by atoms with E-state index in [9.17, 15) is 25.0 Å². The number of carbonyl (C=O) groups excluding carboxylic acids is 1. The number of esters is 1. The molecule has 0 saturated heterocycles. The SMILES string of the molecule is C[C@H](OC(=O)c1cc([N+](=O)[O-])cc([N+](=O)[O-])c1)c1ccccc1. The van der Waals surface area contributed by atoms with Crippen molar-refractivity contribution in [3.63, 3.8) is 0 Å². The zero-order valence-electron chi connectivity index (χ0n) is 12.0. The van der Waals surface area contributed by atoms with E-state index < -0.39 is 33.3 Å². The van der Waals surface area contributed by atoms with Gasteiger partial charge in [0.2, 0.25) is 0 Å². The number of benzene rings is 2. The summed E-state index contributed by atoms with van der Waals surface area (Å²) in [6, 6.07) is 11.6. The van der Waals surface area contributed by atoms with Gasteiger partial charge in [0.05, 0.1) is 21.5 Å². The molecule has 118 valence electrons. The first-order valence-electron chi connectivity index (χ1n) is 6.58. The first-order valence-corrected chi connectivity index (χ1v) is 6.58. The number of non-ortho nitro benzene ring substituents is 2. The van der Waals surface area contributed by atoms with Crippen molar-refractivity contribution in [3.8, 4) is 0 Å². The summed E-state index contributed by atoms with van der Waals surface area (Å²) in [6.45, 7) is 1.64. The van der Waals surface area contributed by atoms with Gasteiger partial charge in [-0.3, -0.25) is 20.2 Å². The topological polar surface area (TPSA) is 113 Å². The Morgan fingerprint density at radius 1 is 1.00 bits per heavy atom. The second kappa shape index (κ2) is 6.65. The molecule has 8 nitrogen and oxygen atoms in total. The van der Waals surface area contributed by atoms with Crippen molar-refractivity contribution in [1.29, 1.82) is 0 Å². The Kier molecular flexibility index (Phi) is 4.65. The van der Waals surface area contributed by atoms with Crippen LogP contribution in [-0.2, 0) is 4.74 Å². The number of hydrogen-bond donors (Lipinski definition) is 0. The van der Waals surface area contributed by atoms with Crippen LogP contribution in [-0.4, -0.2) is 15.8 Å². The highest BCUT2D eigenvalue weighted by Crippen LogP contribution is 2.25. The smallest absolute Gasteiger partial charge is 0.339 e. The molecular formula is C15H12N2O6. The fraction of sp³-hybridized carbons (Fsp3) is 0.133. The molecule has 2 rings (SSSR count). The average molecular weight is 316 g/mol. The lowest BCUT2D eigenvalue weighted by Crippen LogP contribution is -2.10. The Bertz CT molecular complexity index is 728. The van der Waals surface area contributed by atoms with Crippen molar-refractivity contribution >= 4 is 17.3 Å². The summed E-state index contributed by atoms with van der Waals surface area (Å²) in [6.07, 6.45) is -0.595. The molecule has 0 heterocycles. The van der Waals surface area contributed by atoms with Crippen molar-refractivity contribution in [2.75, 3.05) is 0 Å². The first-order chi connectivity index (χ1) is 10.9. The summed E-state index contributed by atoms with van der Waals surface area (Å²) in [5.74, 6) is -0.867. The van der Waals surface area contributed by atoms with Gasteiger partial charge in [-0.05, 0) is 12.5 Å². The quantitative estimate of drug-likeness (QED) is 0.474. The predicted octanol–water partition coefficient (Wildman–Crippen LogP) is 3.42. The second-order valence-corrected chi connectivity index (χ2v) is 4.71. The van der Waals surface area contributed by atoms with Crippen molar-refractivity contribution in [2.45, 2.75) is 13.0 Å². The Morgan fingerprint density at radius 2 is 1.52 bits per heavy atom. The van der Waals surface area contributed by atoms with Crippen LogP contribution < -0.4 is 0 Å². The molecule has 0 spiro atoms. The van der Waals surface area contributed by atoms with E-state index in [-0.39, 0.29) is 5.56 Å². The maximum atomic E-state index is 12.1. The first kappa shape index (κ1) is 16.1. The van der Waals surface area contributed by atoms with E-state index in [0.717, 1.165) is 23.8 Å². The summed E-state index contributed by atoms with van der Waals surface area (Å²) >= 11 is 0. The average Bonchev–Trinajstić information content (AvgIpc) is 2.55. The Balaban J connectivity index is 2.28. The lowest BCUT2D eigenvalue weighted by atomic mass is 10.1. The zero-order chi connectivity index (χ0) is 17.0. The Labute approximate surface area is 130 Å². The summed E-state index contributed by atoms with van der Waals surface area (Å²) < 4.78 is 5.21. The van der Waals surface area contributed by atoms with Gasteiger partial charge in [-0.2, -0.15) is 0 Å². The number of carbonyl (C=O) groups is 1. The summed E-state index contributed by atoms with van der Waals surface area (Å²) in [7, 11) is 0. The van der Waals surface area contributed by atoms with Gasteiger partial charge in [0, 0.05) is 12.1 Å². The van der Waals surface area contributed by atoms with Gasteiger partial charge in [0.1, 0.15) is 6.10 Å². The molecule has 2 aromatic carbocycles. The minimum Gasteiger partial charge on any atom is -0.454 e.